The number of ether oxygens (including phenoxy) is 1. The molecular weight excluding hydrogens is 304 g/mol. The molecule has 0 saturated carbocycles. The Morgan fingerprint density at radius 3 is 2.58 bits per heavy atom. The molecule has 0 atom stereocenters. The lowest BCUT2D eigenvalue weighted by molar-refractivity contribution is 0.399. The van der Waals surface area contributed by atoms with Gasteiger partial charge in [0.2, 0.25) is 5.88 Å². The summed E-state index contributed by atoms with van der Waals surface area (Å²) in [7, 11) is 1.57. The Morgan fingerprint density at radius 2 is 1.88 bits per heavy atom. The van der Waals surface area contributed by atoms with Crippen LogP contribution in [-0.2, 0) is 13.1 Å². The van der Waals surface area contributed by atoms with Gasteiger partial charge >= 0.3 is 5.69 Å². The summed E-state index contributed by atoms with van der Waals surface area (Å²) >= 11 is 0. The summed E-state index contributed by atoms with van der Waals surface area (Å²) < 4.78 is 8.81. The molecule has 0 aliphatic carbocycles. The number of unbranched alkanes of at least 4 members (excludes halogenated alkanes) is 2. The first-order chi connectivity index (χ1) is 11.8. The molecule has 0 bridgehead atoms. The van der Waals surface area contributed by atoms with E-state index in [1.807, 2.05) is 30.3 Å². The van der Waals surface area contributed by atoms with Crippen LogP contribution in [0.3, 0.4) is 0 Å². The molecule has 0 aliphatic heterocycles. The van der Waals surface area contributed by atoms with Crippen molar-refractivity contribution in [3.8, 4) is 5.88 Å². The highest BCUT2D eigenvalue weighted by atomic mass is 16.5. The molecule has 2 aromatic heterocycles. The van der Waals surface area contributed by atoms with Crippen molar-refractivity contribution in [2.45, 2.75) is 39.3 Å². The van der Waals surface area contributed by atoms with Gasteiger partial charge in [-0.05, 0) is 12.0 Å². The number of hydrogen-bond donors (Lipinski definition) is 0. The third-order valence-corrected chi connectivity index (χ3v) is 4.12. The van der Waals surface area contributed by atoms with Crippen molar-refractivity contribution < 1.29 is 4.74 Å². The van der Waals surface area contributed by atoms with Gasteiger partial charge in [-0.3, -0.25) is 9.13 Å². The maximum absolute atomic E-state index is 13.0. The number of methoxy groups -OCH3 is 1. The summed E-state index contributed by atoms with van der Waals surface area (Å²) in [5, 5.41) is 0. The van der Waals surface area contributed by atoms with Gasteiger partial charge < -0.3 is 4.74 Å². The number of aryl methyl sites for hydroxylation is 1. The highest BCUT2D eigenvalue weighted by Crippen LogP contribution is 2.21. The summed E-state index contributed by atoms with van der Waals surface area (Å²) in [6.45, 7) is 3.27. The topological polar surface area (TPSA) is 61.9 Å². The molecule has 3 rings (SSSR count). The Labute approximate surface area is 140 Å². The first-order valence-corrected chi connectivity index (χ1v) is 8.28. The van der Waals surface area contributed by atoms with Crippen LogP contribution < -0.4 is 10.4 Å². The average Bonchev–Trinajstić information content (AvgIpc) is 2.88. The second kappa shape index (κ2) is 7.29. The average molecular weight is 326 g/mol. The second-order valence-electron chi connectivity index (χ2n) is 5.77. The molecule has 0 radical (unpaired) electrons. The van der Waals surface area contributed by atoms with Crippen molar-refractivity contribution in [3.05, 3.63) is 52.7 Å². The first-order valence-electron chi connectivity index (χ1n) is 8.28. The van der Waals surface area contributed by atoms with Gasteiger partial charge in [0.1, 0.15) is 6.33 Å². The monoisotopic (exact) mass is 326 g/mol. The fraction of sp³-hybridized carbons (Fsp3) is 0.389. The van der Waals surface area contributed by atoms with E-state index in [0.717, 1.165) is 24.8 Å². The van der Waals surface area contributed by atoms with Crippen LogP contribution in [0.1, 0.15) is 31.7 Å². The van der Waals surface area contributed by atoms with Crippen LogP contribution in [0.25, 0.3) is 11.2 Å². The fourth-order valence-corrected chi connectivity index (χ4v) is 2.90. The standard InChI is InChI=1S/C18H22N4O2/c1-3-4-8-11-21-15-16(19-13-20-17(15)24-2)22(18(21)23)12-14-9-6-5-7-10-14/h5-7,9-10,13H,3-4,8,11-12H2,1-2H3. The second-order valence-corrected chi connectivity index (χ2v) is 5.77. The minimum Gasteiger partial charge on any atom is -0.479 e. The van der Waals surface area contributed by atoms with Crippen molar-refractivity contribution in [2.75, 3.05) is 7.11 Å². The lowest BCUT2D eigenvalue weighted by Crippen LogP contribution is -2.25. The Morgan fingerprint density at radius 1 is 1.08 bits per heavy atom. The van der Waals surface area contributed by atoms with Gasteiger partial charge in [0.05, 0.1) is 13.7 Å². The van der Waals surface area contributed by atoms with Crippen molar-refractivity contribution >= 4 is 11.2 Å². The lowest BCUT2D eigenvalue weighted by Gasteiger charge is -2.05. The van der Waals surface area contributed by atoms with Gasteiger partial charge in [-0.1, -0.05) is 50.1 Å². The van der Waals surface area contributed by atoms with Gasteiger partial charge in [-0.2, -0.15) is 4.98 Å². The van der Waals surface area contributed by atoms with Gasteiger partial charge in [0.25, 0.3) is 0 Å². The molecule has 0 saturated heterocycles. The maximum atomic E-state index is 13.0. The highest BCUT2D eigenvalue weighted by molar-refractivity contribution is 5.77. The van der Waals surface area contributed by atoms with Crippen molar-refractivity contribution in [1.82, 2.24) is 19.1 Å². The van der Waals surface area contributed by atoms with Crippen molar-refractivity contribution in [2.24, 2.45) is 0 Å². The van der Waals surface area contributed by atoms with E-state index in [0.29, 0.717) is 30.1 Å². The van der Waals surface area contributed by atoms with Crippen LogP contribution in [0, 0.1) is 0 Å². The van der Waals surface area contributed by atoms with Gasteiger partial charge in [-0.25, -0.2) is 9.78 Å². The summed E-state index contributed by atoms with van der Waals surface area (Å²) in [4.78, 5) is 21.5. The largest absolute Gasteiger partial charge is 0.479 e. The van der Waals surface area contributed by atoms with Crippen LogP contribution in [0.4, 0.5) is 0 Å². The van der Waals surface area contributed by atoms with Crippen LogP contribution >= 0.6 is 0 Å². The van der Waals surface area contributed by atoms with E-state index in [-0.39, 0.29) is 5.69 Å². The molecular formula is C18H22N4O2. The highest BCUT2D eigenvalue weighted by Gasteiger charge is 2.19. The molecule has 24 heavy (non-hydrogen) atoms. The molecule has 0 fully saturated rings. The smallest absolute Gasteiger partial charge is 0.330 e. The van der Waals surface area contributed by atoms with Crippen molar-refractivity contribution in [1.29, 1.82) is 0 Å². The number of benzene rings is 1. The van der Waals surface area contributed by atoms with Gasteiger partial charge in [0.15, 0.2) is 11.2 Å². The van der Waals surface area contributed by atoms with E-state index >= 15 is 0 Å². The molecule has 6 heteroatoms. The van der Waals surface area contributed by atoms with Gasteiger partial charge in [-0.15, -0.1) is 0 Å². The lowest BCUT2D eigenvalue weighted by atomic mass is 10.2. The molecule has 0 spiro atoms. The third-order valence-electron chi connectivity index (χ3n) is 4.12. The fourth-order valence-electron chi connectivity index (χ4n) is 2.90. The Balaban J connectivity index is 2.11. The predicted molar refractivity (Wildman–Crippen MR) is 93.4 cm³/mol. The number of aromatic nitrogens is 4. The third kappa shape index (κ3) is 3.04. The number of imidazole rings is 1. The number of fused-ring (bicyclic) bond motifs is 1. The minimum absolute atomic E-state index is 0.0660. The van der Waals surface area contributed by atoms with E-state index in [4.69, 9.17) is 4.74 Å². The predicted octanol–water partition coefficient (Wildman–Crippen LogP) is 2.84. The molecule has 126 valence electrons. The summed E-state index contributed by atoms with van der Waals surface area (Å²) in [6.07, 6.45) is 4.57. The number of rotatable bonds is 7. The first kappa shape index (κ1) is 16.2. The Kier molecular flexibility index (Phi) is 4.93. The van der Waals surface area contributed by atoms with E-state index in [1.165, 1.54) is 6.33 Å². The zero-order chi connectivity index (χ0) is 16.9. The quantitative estimate of drug-likeness (QED) is 0.626. The molecule has 0 N–H and O–H groups in total. The number of hydrogen-bond acceptors (Lipinski definition) is 4. The SMILES string of the molecule is CCCCCn1c(=O)n(Cc2ccccc2)c2ncnc(OC)c21. The Bertz CT molecular complexity index is 868. The Hall–Kier alpha value is -2.63. The molecule has 0 unspecified atom stereocenters. The summed E-state index contributed by atoms with van der Waals surface area (Å²) in [6, 6.07) is 9.91. The van der Waals surface area contributed by atoms with Gasteiger partial charge in [0, 0.05) is 6.54 Å². The molecule has 3 aromatic rings. The van der Waals surface area contributed by atoms with Crippen LogP contribution in [0.15, 0.2) is 41.5 Å². The molecule has 2 heterocycles. The molecule has 0 aliphatic rings. The zero-order valence-corrected chi connectivity index (χ0v) is 14.1. The molecule has 1 aromatic carbocycles. The van der Waals surface area contributed by atoms with E-state index in [2.05, 4.69) is 16.9 Å². The maximum Gasteiger partial charge on any atom is 0.330 e. The summed E-state index contributed by atoms with van der Waals surface area (Å²) in [5.74, 6) is 0.445. The van der Waals surface area contributed by atoms with Crippen LogP contribution in [-0.4, -0.2) is 26.2 Å². The number of nitrogens with zero attached hydrogens (tertiary/aromatic N) is 4. The molecule has 6 nitrogen and oxygen atoms in total. The van der Waals surface area contributed by atoms with Crippen LogP contribution in [0.5, 0.6) is 5.88 Å². The summed E-state index contributed by atoms with van der Waals surface area (Å²) in [5.41, 5.74) is 2.29. The van der Waals surface area contributed by atoms with Crippen molar-refractivity contribution in [3.63, 3.8) is 0 Å². The van der Waals surface area contributed by atoms with E-state index in [9.17, 15) is 4.79 Å². The van der Waals surface area contributed by atoms with Crippen LogP contribution in [0.2, 0.25) is 0 Å². The van der Waals surface area contributed by atoms with E-state index < -0.39 is 0 Å². The normalized spacial score (nSPS) is 11.1. The minimum atomic E-state index is -0.0660. The zero-order valence-electron chi connectivity index (χ0n) is 14.1. The molecule has 0 amide bonds. The van der Waals surface area contributed by atoms with E-state index in [1.54, 1.807) is 16.2 Å².